The number of aromatic hydroxyl groups is 1. The minimum atomic E-state index is -0.698. The van der Waals surface area contributed by atoms with E-state index in [1.54, 1.807) is 24.2 Å². The molecule has 0 aliphatic rings. The molecule has 3 heterocycles. The fourth-order valence-corrected chi connectivity index (χ4v) is 2.50. The molecule has 134 valence electrons. The Kier molecular flexibility index (Phi) is 4.78. The molecule has 3 rings (SSSR count). The molecule has 9 nitrogen and oxygen atoms in total. The van der Waals surface area contributed by atoms with E-state index in [2.05, 4.69) is 19.6 Å². The van der Waals surface area contributed by atoms with E-state index in [1.807, 2.05) is 12.1 Å². The normalized spacial score (nSPS) is 10.7. The lowest BCUT2D eigenvalue weighted by Gasteiger charge is -2.21. The lowest BCUT2D eigenvalue weighted by Crippen LogP contribution is -2.30. The van der Waals surface area contributed by atoms with Gasteiger partial charge >= 0.3 is 0 Å². The maximum atomic E-state index is 12.5. The van der Waals surface area contributed by atoms with Crippen molar-refractivity contribution in [1.29, 1.82) is 0 Å². The van der Waals surface area contributed by atoms with Crippen molar-refractivity contribution in [3.8, 4) is 5.75 Å². The summed E-state index contributed by atoms with van der Waals surface area (Å²) >= 11 is 0. The van der Waals surface area contributed by atoms with E-state index in [9.17, 15) is 14.7 Å². The molecule has 0 radical (unpaired) electrons. The molecule has 26 heavy (non-hydrogen) atoms. The number of rotatable bonds is 6. The average molecular weight is 355 g/mol. The number of Topliss-reactive ketones (excluding diaryl/α,β-unsaturated/α-hetero) is 1. The zero-order chi connectivity index (χ0) is 18.7. The fraction of sp³-hybridized carbons (Fsp3) is 0.235. The van der Waals surface area contributed by atoms with E-state index < -0.39 is 17.1 Å². The highest BCUT2D eigenvalue weighted by Gasteiger charge is 2.22. The number of pyridine rings is 1. The van der Waals surface area contributed by atoms with Crippen LogP contribution in [0.1, 0.15) is 21.7 Å². The highest BCUT2D eigenvalue weighted by Crippen LogP contribution is 2.18. The lowest BCUT2D eigenvalue weighted by molar-refractivity contribution is 0.0984. The van der Waals surface area contributed by atoms with Crippen molar-refractivity contribution in [2.24, 2.45) is 7.05 Å². The number of ketones is 1. The van der Waals surface area contributed by atoms with Crippen molar-refractivity contribution in [1.82, 2.24) is 19.7 Å². The van der Waals surface area contributed by atoms with Crippen molar-refractivity contribution in [2.75, 3.05) is 11.9 Å². The molecule has 1 N–H and O–H groups in total. The van der Waals surface area contributed by atoms with E-state index in [0.717, 1.165) is 5.69 Å². The fourth-order valence-electron chi connectivity index (χ4n) is 2.50. The van der Waals surface area contributed by atoms with Crippen molar-refractivity contribution in [2.45, 2.75) is 13.0 Å². The molecule has 3 aromatic heterocycles. The summed E-state index contributed by atoms with van der Waals surface area (Å²) in [5, 5.41) is 13.6. The molecule has 0 aromatic carbocycles. The minimum absolute atomic E-state index is 0.0827. The maximum absolute atomic E-state index is 12.5. The van der Waals surface area contributed by atoms with Crippen LogP contribution < -0.4 is 10.5 Å². The Morgan fingerprint density at radius 2 is 2.19 bits per heavy atom. The molecule has 0 aliphatic heterocycles. The van der Waals surface area contributed by atoms with Crippen LogP contribution in [0.4, 0.5) is 5.95 Å². The van der Waals surface area contributed by atoms with Crippen LogP contribution in [0.15, 0.2) is 46.2 Å². The molecule has 0 atom stereocenters. The first-order valence-corrected chi connectivity index (χ1v) is 7.80. The van der Waals surface area contributed by atoms with Crippen LogP contribution in [0.2, 0.25) is 0 Å². The van der Waals surface area contributed by atoms with Gasteiger partial charge in [0, 0.05) is 32.3 Å². The highest BCUT2D eigenvalue weighted by atomic mass is 16.5. The second-order valence-corrected chi connectivity index (χ2v) is 5.78. The summed E-state index contributed by atoms with van der Waals surface area (Å²) < 4.78 is 5.88. The van der Waals surface area contributed by atoms with Gasteiger partial charge in [0.2, 0.25) is 11.7 Å². The molecule has 0 saturated carbocycles. The standard InChI is InChI=1S/C17H17N5O4/c1-21(9-12-5-3-4-6-18-12)17-20-14(15(24)16(25)22(17)2)13(23)7-11-8-19-26-10-11/h3-6,8,10,24H,7,9H2,1-2H3. The largest absolute Gasteiger partial charge is 0.501 e. The molecule has 9 heteroatoms. The molecular formula is C17H17N5O4. The van der Waals surface area contributed by atoms with Crippen LogP contribution in [0.5, 0.6) is 5.75 Å². The predicted octanol–water partition coefficient (Wildman–Crippen LogP) is 0.931. The van der Waals surface area contributed by atoms with E-state index in [1.165, 1.54) is 24.1 Å². The van der Waals surface area contributed by atoms with Gasteiger partial charge in [0.1, 0.15) is 6.26 Å². The Labute approximate surface area is 148 Å². The van der Waals surface area contributed by atoms with Crippen LogP contribution in [0, 0.1) is 0 Å². The second-order valence-electron chi connectivity index (χ2n) is 5.78. The van der Waals surface area contributed by atoms with Crippen LogP contribution in [-0.2, 0) is 20.0 Å². The summed E-state index contributed by atoms with van der Waals surface area (Å²) in [5.74, 6) is -0.938. The first kappa shape index (κ1) is 17.3. The summed E-state index contributed by atoms with van der Waals surface area (Å²) in [6, 6.07) is 5.50. The zero-order valence-electron chi connectivity index (χ0n) is 14.3. The number of hydrogen-bond donors (Lipinski definition) is 1. The van der Waals surface area contributed by atoms with E-state index >= 15 is 0 Å². The van der Waals surface area contributed by atoms with Crippen molar-refractivity contribution in [3.05, 3.63) is 64.2 Å². The number of carbonyl (C=O) groups excluding carboxylic acids is 1. The molecule has 0 unspecified atom stereocenters. The number of hydrogen-bond acceptors (Lipinski definition) is 8. The van der Waals surface area contributed by atoms with Gasteiger partial charge in [-0.05, 0) is 12.1 Å². The van der Waals surface area contributed by atoms with Crippen molar-refractivity contribution >= 4 is 11.7 Å². The molecular weight excluding hydrogens is 338 g/mol. The van der Waals surface area contributed by atoms with Crippen molar-refractivity contribution < 1.29 is 14.4 Å². The predicted molar refractivity (Wildman–Crippen MR) is 92.0 cm³/mol. The van der Waals surface area contributed by atoms with Crippen LogP contribution in [0.25, 0.3) is 0 Å². The third-order valence-corrected chi connectivity index (χ3v) is 3.82. The summed E-state index contributed by atoms with van der Waals surface area (Å²) in [6.07, 6.45) is 4.30. The highest BCUT2D eigenvalue weighted by molar-refractivity contribution is 5.98. The number of nitrogens with zero attached hydrogens (tertiary/aromatic N) is 5. The Hall–Kier alpha value is -3.49. The Morgan fingerprint density at radius 3 is 2.85 bits per heavy atom. The van der Waals surface area contributed by atoms with Gasteiger partial charge in [-0.2, -0.15) is 0 Å². The van der Waals surface area contributed by atoms with E-state index in [4.69, 9.17) is 0 Å². The van der Waals surface area contributed by atoms with E-state index in [-0.39, 0.29) is 18.1 Å². The molecule has 0 fully saturated rings. The second kappa shape index (κ2) is 7.18. The molecule has 0 saturated heterocycles. The van der Waals surface area contributed by atoms with Gasteiger partial charge in [0.15, 0.2) is 11.5 Å². The first-order valence-electron chi connectivity index (χ1n) is 7.80. The Bertz CT molecular complexity index is 967. The minimum Gasteiger partial charge on any atom is -0.501 e. The monoisotopic (exact) mass is 355 g/mol. The third kappa shape index (κ3) is 3.46. The van der Waals surface area contributed by atoms with Gasteiger partial charge in [-0.15, -0.1) is 0 Å². The number of anilines is 1. The summed E-state index contributed by atoms with van der Waals surface area (Å²) in [7, 11) is 3.20. The lowest BCUT2D eigenvalue weighted by atomic mass is 10.1. The smallest absolute Gasteiger partial charge is 0.297 e. The van der Waals surface area contributed by atoms with E-state index in [0.29, 0.717) is 12.1 Å². The van der Waals surface area contributed by atoms with Gasteiger partial charge in [-0.3, -0.25) is 19.1 Å². The van der Waals surface area contributed by atoms with Gasteiger partial charge in [-0.1, -0.05) is 11.2 Å². The average Bonchev–Trinajstić information content (AvgIpc) is 3.13. The maximum Gasteiger partial charge on any atom is 0.297 e. The first-order chi connectivity index (χ1) is 12.5. The summed E-state index contributed by atoms with van der Waals surface area (Å²) in [4.78, 5) is 34.9. The zero-order valence-corrected chi connectivity index (χ0v) is 14.3. The summed E-state index contributed by atoms with van der Waals surface area (Å²) in [5.41, 5.74) is 0.323. The van der Waals surface area contributed by atoms with Crippen LogP contribution in [0.3, 0.4) is 0 Å². The quantitative estimate of drug-likeness (QED) is 0.650. The van der Waals surface area contributed by atoms with Crippen LogP contribution >= 0.6 is 0 Å². The third-order valence-electron chi connectivity index (χ3n) is 3.82. The Morgan fingerprint density at radius 1 is 1.38 bits per heavy atom. The van der Waals surface area contributed by atoms with Gasteiger partial charge < -0.3 is 14.5 Å². The molecule has 0 aliphatic carbocycles. The van der Waals surface area contributed by atoms with Gasteiger partial charge in [-0.25, -0.2) is 4.98 Å². The molecule has 0 spiro atoms. The van der Waals surface area contributed by atoms with Gasteiger partial charge in [0.25, 0.3) is 5.56 Å². The Balaban J connectivity index is 1.94. The summed E-state index contributed by atoms with van der Waals surface area (Å²) in [6.45, 7) is 0.380. The molecule has 0 amide bonds. The molecule has 0 bridgehead atoms. The molecule has 3 aromatic rings. The number of carbonyl (C=O) groups is 1. The topological polar surface area (TPSA) is 114 Å². The van der Waals surface area contributed by atoms with Crippen molar-refractivity contribution in [3.63, 3.8) is 0 Å². The van der Waals surface area contributed by atoms with Gasteiger partial charge in [0.05, 0.1) is 18.4 Å². The SMILES string of the molecule is CN(Cc1ccccn1)c1nc(C(=O)Cc2cnoc2)c(O)c(=O)n1C. The van der Waals surface area contributed by atoms with Crippen LogP contribution in [-0.4, -0.2) is 37.6 Å². The number of aromatic nitrogens is 4.